The molecule has 0 atom stereocenters. The fourth-order valence-electron chi connectivity index (χ4n) is 8.41. The Morgan fingerprint density at radius 3 is 1.98 bits per heavy atom. The van der Waals surface area contributed by atoms with Gasteiger partial charge in [0.15, 0.2) is 11.4 Å². The van der Waals surface area contributed by atoms with Crippen molar-refractivity contribution in [3.05, 3.63) is 158 Å². The number of aromatic nitrogens is 4. The quantitative estimate of drug-likeness (QED) is 0.177. The highest BCUT2D eigenvalue weighted by Gasteiger charge is 2.54. The third kappa shape index (κ3) is 3.49. The van der Waals surface area contributed by atoms with Crippen molar-refractivity contribution in [2.75, 3.05) is 14.4 Å². The maximum Gasteiger partial charge on any atom is 0.520 e. The number of para-hydroxylation sites is 9. The summed E-state index contributed by atoms with van der Waals surface area (Å²) in [6.45, 7) is 0. The number of rotatable bonds is 3. The molecule has 0 saturated carbocycles. The molecular weight excluding hydrogens is 629 g/mol. The highest BCUT2D eigenvalue weighted by atomic mass is 16.3. The van der Waals surface area contributed by atoms with Gasteiger partial charge in [-0.25, -0.2) is 9.97 Å². The van der Waals surface area contributed by atoms with E-state index in [0.29, 0.717) is 0 Å². The van der Waals surface area contributed by atoms with E-state index >= 15 is 0 Å². The number of furan rings is 1. The zero-order valence-electron chi connectivity index (χ0n) is 27.1. The van der Waals surface area contributed by atoms with Crippen LogP contribution in [0.2, 0.25) is 0 Å². The summed E-state index contributed by atoms with van der Waals surface area (Å²) in [6.07, 6.45) is 1.90. The SMILES string of the molecule is c1cc(N2B3N(c4ccccc42)c2ccccc2N3c2nccc3c2oc2ccccc23)cc(-n2c3ccccc3n3c4ccccc4nc23)c1. The number of hydrogen-bond donors (Lipinski definition) is 0. The van der Waals surface area contributed by atoms with Gasteiger partial charge in [-0.05, 0) is 78.9 Å². The Labute approximate surface area is 291 Å². The molecule has 10 aromatic rings. The number of pyridine rings is 1. The largest absolute Gasteiger partial charge is 0.520 e. The van der Waals surface area contributed by atoms with Crippen molar-refractivity contribution in [3.63, 3.8) is 0 Å². The predicted octanol–water partition coefficient (Wildman–Crippen LogP) is 10.2. The monoisotopic (exact) mass is 655 g/mol. The van der Waals surface area contributed by atoms with Crippen molar-refractivity contribution >= 4 is 91.2 Å². The zero-order chi connectivity index (χ0) is 33.2. The Bertz CT molecular complexity index is 3050. The molecule has 2 aliphatic rings. The Kier molecular flexibility index (Phi) is 5.17. The molecule has 6 aromatic carbocycles. The first-order valence-corrected chi connectivity index (χ1v) is 17.1. The molecule has 0 unspecified atom stereocenters. The Morgan fingerprint density at radius 2 is 1.16 bits per heavy atom. The van der Waals surface area contributed by atoms with Gasteiger partial charge in [0.2, 0.25) is 5.78 Å². The van der Waals surface area contributed by atoms with Crippen LogP contribution in [-0.4, -0.2) is 26.1 Å². The van der Waals surface area contributed by atoms with Crippen LogP contribution < -0.4 is 14.4 Å². The van der Waals surface area contributed by atoms with E-state index in [0.717, 1.165) is 89.7 Å². The van der Waals surface area contributed by atoms with Crippen molar-refractivity contribution < 1.29 is 4.42 Å². The third-order valence-electron chi connectivity index (χ3n) is 10.5. The predicted molar refractivity (Wildman–Crippen MR) is 206 cm³/mol. The number of hydrogen-bond acceptors (Lipinski definition) is 6. The summed E-state index contributed by atoms with van der Waals surface area (Å²) in [5, 5.41) is 2.13. The first kappa shape index (κ1) is 26.9. The van der Waals surface area contributed by atoms with Gasteiger partial charge in [0, 0.05) is 22.7 Å². The topological polar surface area (TPSA) is 58.0 Å². The van der Waals surface area contributed by atoms with Crippen molar-refractivity contribution in [1.29, 1.82) is 0 Å². The summed E-state index contributed by atoms with van der Waals surface area (Å²) in [6, 6.07) is 53.2. The Morgan fingerprint density at radius 1 is 0.510 bits per heavy atom. The second kappa shape index (κ2) is 9.80. The summed E-state index contributed by atoms with van der Waals surface area (Å²) in [5.41, 5.74) is 12.4. The number of benzene rings is 6. The molecule has 12 rings (SSSR count). The molecule has 0 N–H and O–H groups in total. The van der Waals surface area contributed by atoms with E-state index in [9.17, 15) is 0 Å². The molecular formula is C42H26BN7O. The average molecular weight is 656 g/mol. The zero-order valence-corrected chi connectivity index (χ0v) is 27.1. The van der Waals surface area contributed by atoms with Gasteiger partial charge in [0.05, 0.1) is 50.5 Å². The molecule has 51 heavy (non-hydrogen) atoms. The fourth-order valence-corrected chi connectivity index (χ4v) is 8.41. The minimum atomic E-state index is -0.281. The molecule has 0 fully saturated rings. The van der Waals surface area contributed by atoms with Crippen molar-refractivity contribution in [2.45, 2.75) is 0 Å². The van der Waals surface area contributed by atoms with E-state index in [2.05, 4.69) is 157 Å². The first-order valence-electron chi connectivity index (χ1n) is 17.1. The highest BCUT2D eigenvalue weighted by Crippen LogP contribution is 2.56. The molecule has 0 aliphatic carbocycles. The van der Waals surface area contributed by atoms with Crippen LogP contribution in [-0.2, 0) is 0 Å². The molecule has 0 amide bonds. The molecule has 0 radical (unpaired) electrons. The van der Waals surface area contributed by atoms with Crippen LogP contribution in [0.25, 0.3) is 55.5 Å². The molecule has 6 heterocycles. The molecule has 0 spiro atoms. The summed E-state index contributed by atoms with van der Waals surface area (Å²) >= 11 is 0. The standard InChI is InChI=1S/C42H26BN7O/c1-10-23-39-29(14-1)30-24-25-44-41(40(30)51-39)50-38-22-9-8-21-37(38)49-36-20-7-6-19-35(36)48(43(49)50)28-13-11-12-27(26-28)46-33-17-4-5-18-34(33)47-32-16-3-2-15-31(32)45-42(46)47/h1-26H. The van der Waals surface area contributed by atoms with E-state index in [1.807, 2.05) is 24.4 Å². The minimum Gasteiger partial charge on any atom is -0.452 e. The van der Waals surface area contributed by atoms with Crippen LogP contribution in [0, 0.1) is 0 Å². The van der Waals surface area contributed by atoms with Gasteiger partial charge in [-0.2, -0.15) is 0 Å². The lowest BCUT2D eigenvalue weighted by atomic mass is 9.86. The molecule has 9 heteroatoms. The second-order valence-electron chi connectivity index (χ2n) is 13.1. The van der Waals surface area contributed by atoms with Crippen molar-refractivity contribution in [2.24, 2.45) is 0 Å². The molecule has 0 bridgehead atoms. The normalized spacial score (nSPS) is 13.7. The molecule has 0 saturated heterocycles. The Balaban J connectivity index is 1.10. The maximum absolute atomic E-state index is 6.60. The molecule has 8 nitrogen and oxygen atoms in total. The van der Waals surface area contributed by atoms with Gasteiger partial charge in [-0.3, -0.25) is 8.97 Å². The summed E-state index contributed by atoms with van der Waals surface area (Å²) in [7, 11) is -0.281. The van der Waals surface area contributed by atoms with Crippen LogP contribution in [0.5, 0.6) is 0 Å². The second-order valence-corrected chi connectivity index (χ2v) is 13.1. The van der Waals surface area contributed by atoms with Crippen LogP contribution in [0.4, 0.5) is 34.3 Å². The van der Waals surface area contributed by atoms with Gasteiger partial charge in [0.1, 0.15) is 5.58 Å². The number of anilines is 6. The van der Waals surface area contributed by atoms with Gasteiger partial charge in [-0.15, -0.1) is 0 Å². The summed E-state index contributed by atoms with van der Waals surface area (Å²) in [4.78, 5) is 17.4. The van der Waals surface area contributed by atoms with Crippen molar-refractivity contribution in [1.82, 2.24) is 18.9 Å². The fraction of sp³-hybridized carbons (Fsp3) is 0. The van der Waals surface area contributed by atoms with Gasteiger partial charge < -0.3 is 18.8 Å². The van der Waals surface area contributed by atoms with Crippen LogP contribution in [0.15, 0.2) is 162 Å². The van der Waals surface area contributed by atoms with E-state index in [1.165, 1.54) is 0 Å². The van der Waals surface area contributed by atoms with E-state index in [-0.39, 0.29) is 7.12 Å². The van der Waals surface area contributed by atoms with Crippen LogP contribution >= 0.6 is 0 Å². The van der Waals surface area contributed by atoms with Gasteiger partial charge >= 0.3 is 7.12 Å². The molecule has 238 valence electrons. The van der Waals surface area contributed by atoms with E-state index in [4.69, 9.17) is 14.4 Å². The first-order chi connectivity index (χ1) is 25.3. The van der Waals surface area contributed by atoms with Crippen LogP contribution in [0.1, 0.15) is 0 Å². The Hall–Kier alpha value is -7.00. The lowest BCUT2D eigenvalue weighted by Crippen LogP contribution is -2.51. The lowest BCUT2D eigenvalue weighted by molar-refractivity contribution is 0.667. The molecule has 2 aliphatic heterocycles. The summed E-state index contributed by atoms with van der Waals surface area (Å²) in [5.74, 6) is 1.66. The number of imidazole rings is 2. The molecule has 4 aromatic heterocycles. The third-order valence-corrected chi connectivity index (χ3v) is 10.5. The van der Waals surface area contributed by atoms with Crippen molar-refractivity contribution in [3.8, 4) is 5.69 Å². The summed E-state index contributed by atoms with van der Waals surface area (Å²) < 4.78 is 11.1. The van der Waals surface area contributed by atoms with Gasteiger partial charge in [-0.1, -0.05) is 72.8 Å². The van der Waals surface area contributed by atoms with Crippen LogP contribution in [0.3, 0.4) is 0 Å². The average Bonchev–Trinajstić information content (AvgIpc) is 3.97. The van der Waals surface area contributed by atoms with Gasteiger partial charge in [0.25, 0.3) is 0 Å². The number of fused-ring (bicyclic) bond motifs is 13. The van der Waals surface area contributed by atoms with E-state index < -0.39 is 0 Å². The minimum absolute atomic E-state index is 0.281. The highest BCUT2D eigenvalue weighted by molar-refractivity contribution is 6.80. The lowest BCUT2D eigenvalue weighted by Gasteiger charge is -2.31. The van der Waals surface area contributed by atoms with E-state index in [1.54, 1.807) is 0 Å². The number of nitrogens with zero attached hydrogens (tertiary/aromatic N) is 7. The smallest absolute Gasteiger partial charge is 0.452 e. The maximum atomic E-state index is 6.60.